The topological polar surface area (TPSA) is 118 Å². The minimum absolute atomic E-state index is 0.0133. The first-order valence-electron chi connectivity index (χ1n) is 11.7. The summed E-state index contributed by atoms with van der Waals surface area (Å²) in [6.07, 6.45) is 1.62. The van der Waals surface area contributed by atoms with E-state index in [1.165, 1.54) is 23.9 Å². The summed E-state index contributed by atoms with van der Waals surface area (Å²) in [4.78, 5) is 29.1. The number of nitro groups is 1. The Morgan fingerprint density at radius 3 is 2.53 bits per heavy atom. The number of hydrogen-bond acceptors (Lipinski definition) is 7. The number of nitro benzene ring substituents is 1. The van der Waals surface area contributed by atoms with Gasteiger partial charge in [-0.25, -0.2) is 0 Å². The van der Waals surface area contributed by atoms with Crippen LogP contribution in [0.15, 0.2) is 88.8 Å². The van der Waals surface area contributed by atoms with Crippen LogP contribution in [0, 0.1) is 15.5 Å². The molecule has 0 unspecified atom stereocenters. The Bertz CT molecular complexity index is 1510. The average Bonchev–Trinajstić information content (AvgIpc) is 3.35. The number of nitrogens with one attached hydrogen (secondary N) is 1. The number of rotatable bonds is 8. The van der Waals surface area contributed by atoms with Gasteiger partial charge in [-0.1, -0.05) is 48.2 Å². The van der Waals surface area contributed by atoms with Crippen LogP contribution in [-0.4, -0.2) is 33.3 Å². The predicted molar refractivity (Wildman–Crippen MR) is 147 cm³/mol. The summed E-state index contributed by atoms with van der Waals surface area (Å²) in [5, 5.41) is 22.0. The van der Waals surface area contributed by atoms with Gasteiger partial charge in [0.15, 0.2) is 16.7 Å². The van der Waals surface area contributed by atoms with E-state index in [0.29, 0.717) is 28.8 Å². The van der Waals surface area contributed by atoms with E-state index < -0.39 is 10.8 Å². The van der Waals surface area contributed by atoms with Crippen LogP contribution in [-0.2, 0) is 11.4 Å². The Morgan fingerprint density at radius 1 is 1.05 bits per heavy atom. The number of fused-ring (bicyclic) bond motifs is 1. The summed E-state index contributed by atoms with van der Waals surface area (Å²) in [5.41, 5.74) is 3.32. The first kappa shape index (κ1) is 25.0. The van der Waals surface area contributed by atoms with E-state index in [-0.39, 0.29) is 23.7 Å². The highest BCUT2D eigenvalue weighted by atomic mass is 32.2. The van der Waals surface area contributed by atoms with E-state index >= 15 is 0 Å². The SMILES string of the molecule is CCOc1cc(/C=C2/C(=N)N3C(c4ccccc4)=CSC3=NC2=O)ccc1OCc1ccc([N+](=O)[O-])cc1. The molecule has 2 heterocycles. The molecule has 0 aromatic heterocycles. The third-order valence-corrected chi connectivity index (χ3v) is 6.63. The molecule has 0 radical (unpaired) electrons. The number of thioether (sulfide) groups is 1. The molecule has 0 saturated heterocycles. The Kier molecular flexibility index (Phi) is 7.05. The lowest BCUT2D eigenvalue weighted by atomic mass is 10.1. The molecule has 1 amide bonds. The van der Waals surface area contributed by atoms with Crippen LogP contribution >= 0.6 is 11.8 Å². The van der Waals surface area contributed by atoms with Gasteiger partial charge in [-0.05, 0) is 54.0 Å². The third-order valence-electron chi connectivity index (χ3n) is 5.80. The molecule has 3 aromatic rings. The lowest BCUT2D eigenvalue weighted by Gasteiger charge is -2.27. The fourth-order valence-electron chi connectivity index (χ4n) is 3.96. The summed E-state index contributed by atoms with van der Waals surface area (Å²) < 4.78 is 11.7. The third kappa shape index (κ3) is 5.07. The number of ether oxygens (including phenoxy) is 2. The molecule has 0 fully saturated rings. The van der Waals surface area contributed by atoms with Crippen molar-refractivity contribution in [3.63, 3.8) is 0 Å². The number of amidine groups is 2. The van der Waals surface area contributed by atoms with Crippen molar-refractivity contribution in [3.8, 4) is 11.5 Å². The largest absolute Gasteiger partial charge is 0.490 e. The second-order valence-corrected chi connectivity index (χ2v) is 9.12. The van der Waals surface area contributed by atoms with Gasteiger partial charge < -0.3 is 9.47 Å². The number of carbonyl (C=O) groups excluding carboxylic acids is 1. The first-order chi connectivity index (χ1) is 18.4. The molecule has 0 atom stereocenters. The van der Waals surface area contributed by atoms with Crippen LogP contribution < -0.4 is 9.47 Å². The summed E-state index contributed by atoms with van der Waals surface area (Å²) in [5.74, 6) is 0.539. The second-order valence-electron chi connectivity index (χ2n) is 8.28. The molecule has 0 spiro atoms. The molecule has 0 saturated carbocycles. The lowest BCUT2D eigenvalue weighted by molar-refractivity contribution is -0.384. The fraction of sp³-hybridized carbons (Fsp3) is 0.107. The van der Waals surface area contributed by atoms with E-state index in [1.807, 2.05) is 42.7 Å². The van der Waals surface area contributed by atoms with Crippen molar-refractivity contribution >= 4 is 46.1 Å². The monoisotopic (exact) mass is 526 g/mol. The quantitative estimate of drug-likeness (QED) is 0.221. The van der Waals surface area contributed by atoms with Crippen molar-refractivity contribution in [1.29, 1.82) is 5.41 Å². The molecular formula is C28H22N4O5S. The zero-order chi connectivity index (χ0) is 26.6. The van der Waals surface area contributed by atoms with E-state index in [0.717, 1.165) is 16.8 Å². The number of aliphatic imine (C=N–C) groups is 1. The van der Waals surface area contributed by atoms with E-state index in [4.69, 9.17) is 14.9 Å². The van der Waals surface area contributed by atoms with Gasteiger partial charge in [0, 0.05) is 17.5 Å². The Labute approximate surface area is 222 Å². The predicted octanol–water partition coefficient (Wildman–Crippen LogP) is 5.88. The number of hydrogen-bond donors (Lipinski definition) is 1. The molecule has 9 nitrogen and oxygen atoms in total. The Balaban J connectivity index is 1.38. The van der Waals surface area contributed by atoms with Crippen molar-refractivity contribution < 1.29 is 19.2 Å². The summed E-state index contributed by atoms with van der Waals surface area (Å²) in [7, 11) is 0. The van der Waals surface area contributed by atoms with Crippen molar-refractivity contribution in [2.45, 2.75) is 13.5 Å². The molecule has 2 aliphatic heterocycles. The van der Waals surface area contributed by atoms with Gasteiger partial charge in [0.25, 0.3) is 11.6 Å². The van der Waals surface area contributed by atoms with Gasteiger partial charge in [-0.3, -0.25) is 25.2 Å². The molecule has 190 valence electrons. The van der Waals surface area contributed by atoms with Gasteiger partial charge in [-0.2, -0.15) is 4.99 Å². The Morgan fingerprint density at radius 2 is 1.82 bits per heavy atom. The fourth-order valence-corrected chi connectivity index (χ4v) is 4.85. The highest BCUT2D eigenvalue weighted by molar-refractivity contribution is 8.17. The normalized spacial score (nSPS) is 15.7. The van der Waals surface area contributed by atoms with Crippen LogP contribution in [0.1, 0.15) is 23.6 Å². The lowest BCUT2D eigenvalue weighted by Crippen LogP contribution is -2.38. The van der Waals surface area contributed by atoms with E-state index in [2.05, 4.69) is 4.99 Å². The maximum atomic E-state index is 12.8. The van der Waals surface area contributed by atoms with Crippen molar-refractivity contribution in [2.75, 3.05) is 6.61 Å². The molecule has 2 aliphatic rings. The number of benzene rings is 3. The zero-order valence-electron chi connectivity index (χ0n) is 20.3. The van der Waals surface area contributed by atoms with Crippen LogP contribution in [0.4, 0.5) is 5.69 Å². The van der Waals surface area contributed by atoms with Crippen LogP contribution in [0.25, 0.3) is 11.8 Å². The minimum Gasteiger partial charge on any atom is -0.490 e. The van der Waals surface area contributed by atoms with Gasteiger partial charge in [0.1, 0.15) is 12.4 Å². The van der Waals surface area contributed by atoms with Crippen molar-refractivity contribution in [3.05, 3.63) is 111 Å². The van der Waals surface area contributed by atoms with Crippen LogP contribution in [0.5, 0.6) is 11.5 Å². The van der Waals surface area contributed by atoms with Gasteiger partial charge >= 0.3 is 0 Å². The number of carbonyl (C=O) groups is 1. The number of nitrogens with zero attached hydrogens (tertiary/aromatic N) is 3. The Hall–Kier alpha value is -4.70. The smallest absolute Gasteiger partial charge is 0.283 e. The molecule has 3 aromatic carbocycles. The highest BCUT2D eigenvalue weighted by Crippen LogP contribution is 2.38. The van der Waals surface area contributed by atoms with Crippen LogP contribution in [0.3, 0.4) is 0 Å². The molecule has 1 N–H and O–H groups in total. The van der Waals surface area contributed by atoms with Gasteiger partial charge in [0.05, 0.1) is 22.8 Å². The van der Waals surface area contributed by atoms with E-state index in [1.54, 1.807) is 41.3 Å². The van der Waals surface area contributed by atoms with E-state index in [9.17, 15) is 14.9 Å². The zero-order valence-corrected chi connectivity index (χ0v) is 21.1. The number of non-ortho nitro benzene ring substituents is 1. The second kappa shape index (κ2) is 10.7. The van der Waals surface area contributed by atoms with Crippen molar-refractivity contribution in [1.82, 2.24) is 4.90 Å². The summed E-state index contributed by atoms with van der Waals surface area (Å²) in [6, 6.07) is 21.1. The summed E-state index contributed by atoms with van der Waals surface area (Å²) in [6.45, 7) is 2.44. The molecule has 5 rings (SSSR count). The average molecular weight is 527 g/mol. The standard InChI is InChI=1S/C28H22N4O5S/c1-2-36-25-15-19(10-13-24(25)37-16-18-8-11-21(12-9-18)32(34)35)14-22-26(29)31-23(20-6-4-3-5-7-20)17-38-28(31)30-27(22)33/h3-15,17,29H,2,16H2,1H3/b22-14-,29-26?. The van der Waals surface area contributed by atoms with Crippen molar-refractivity contribution in [2.24, 2.45) is 4.99 Å². The maximum absolute atomic E-state index is 12.8. The molecule has 10 heteroatoms. The summed E-state index contributed by atoms with van der Waals surface area (Å²) >= 11 is 1.32. The van der Waals surface area contributed by atoms with Crippen LogP contribution in [0.2, 0.25) is 0 Å². The molecular weight excluding hydrogens is 504 g/mol. The number of amides is 1. The maximum Gasteiger partial charge on any atom is 0.283 e. The highest BCUT2D eigenvalue weighted by Gasteiger charge is 2.36. The van der Waals surface area contributed by atoms with Gasteiger partial charge in [0.2, 0.25) is 0 Å². The molecule has 38 heavy (non-hydrogen) atoms. The molecule has 0 bridgehead atoms. The minimum atomic E-state index is -0.479. The molecule has 0 aliphatic carbocycles. The first-order valence-corrected chi connectivity index (χ1v) is 12.6. The van der Waals surface area contributed by atoms with Gasteiger partial charge in [-0.15, -0.1) is 0 Å².